The molecule has 1 aromatic carbocycles. The molecule has 0 spiro atoms. The molecular formula is C15H16BrClFNO. The molecule has 2 rings (SSSR count). The molecule has 1 N–H and O–H groups in total. The number of furan rings is 1. The van der Waals surface area contributed by atoms with Gasteiger partial charge in [0.2, 0.25) is 0 Å². The number of hydrogen-bond acceptors (Lipinski definition) is 2. The fourth-order valence-corrected chi connectivity index (χ4v) is 2.54. The van der Waals surface area contributed by atoms with Gasteiger partial charge in [0.25, 0.3) is 0 Å². The quantitative estimate of drug-likeness (QED) is 0.773. The Morgan fingerprint density at radius 3 is 2.80 bits per heavy atom. The smallest absolute Gasteiger partial charge is 0.169 e. The molecule has 0 radical (unpaired) electrons. The van der Waals surface area contributed by atoms with Crippen LogP contribution in [0.5, 0.6) is 0 Å². The Kier molecular flexibility index (Phi) is 5.64. The standard InChI is InChI=1S/C15H16BrClFNO/c1-2-7-19-13(14-5-6-15(16)20-14)9-10-8-11(18)3-4-12(10)17/h3-6,8,13,19H,2,7,9H2,1H3. The summed E-state index contributed by atoms with van der Waals surface area (Å²) in [7, 11) is 0. The fourth-order valence-electron chi connectivity index (χ4n) is 2.03. The Morgan fingerprint density at radius 1 is 1.35 bits per heavy atom. The van der Waals surface area contributed by atoms with E-state index < -0.39 is 0 Å². The normalized spacial score (nSPS) is 12.6. The molecule has 0 amide bonds. The van der Waals surface area contributed by atoms with Crippen molar-refractivity contribution >= 4 is 27.5 Å². The van der Waals surface area contributed by atoms with Crippen LogP contribution in [0.3, 0.4) is 0 Å². The van der Waals surface area contributed by atoms with Crippen molar-refractivity contribution in [2.75, 3.05) is 6.54 Å². The summed E-state index contributed by atoms with van der Waals surface area (Å²) in [4.78, 5) is 0. The Bertz CT molecular complexity index is 573. The van der Waals surface area contributed by atoms with E-state index in [0.717, 1.165) is 24.3 Å². The predicted molar refractivity (Wildman–Crippen MR) is 82.6 cm³/mol. The van der Waals surface area contributed by atoms with Crippen LogP contribution in [0.25, 0.3) is 0 Å². The highest BCUT2D eigenvalue weighted by Crippen LogP contribution is 2.27. The van der Waals surface area contributed by atoms with Gasteiger partial charge in [-0.15, -0.1) is 0 Å². The molecule has 108 valence electrons. The van der Waals surface area contributed by atoms with Gasteiger partial charge in [-0.25, -0.2) is 4.39 Å². The minimum atomic E-state index is -0.278. The highest BCUT2D eigenvalue weighted by Gasteiger charge is 2.17. The Hall–Kier alpha value is -0.840. The maximum Gasteiger partial charge on any atom is 0.169 e. The molecule has 0 fully saturated rings. The maximum absolute atomic E-state index is 13.3. The molecule has 20 heavy (non-hydrogen) atoms. The lowest BCUT2D eigenvalue weighted by atomic mass is 10.0. The van der Waals surface area contributed by atoms with Gasteiger partial charge in [0, 0.05) is 5.02 Å². The van der Waals surface area contributed by atoms with Crippen LogP contribution in [0.15, 0.2) is 39.4 Å². The minimum absolute atomic E-state index is 0.0273. The van der Waals surface area contributed by atoms with E-state index in [9.17, 15) is 4.39 Å². The average molecular weight is 361 g/mol. The van der Waals surface area contributed by atoms with Crippen molar-refractivity contribution in [3.8, 4) is 0 Å². The summed E-state index contributed by atoms with van der Waals surface area (Å²) in [5, 5.41) is 3.97. The molecule has 1 heterocycles. The van der Waals surface area contributed by atoms with E-state index in [2.05, 4.69) is 28.2 Å². The molecule has 0 aliphatic heterocycles. The van der Waals surface area contributed by atoms with Crippen molar-refractivity contribution in [3.63, 3.8) is 0 Å². The van der Waals surface area contributed by atoms with Crippen LogP contribution in [0.2, 0.25) is 5.02 Å². The van der Waals surface area contributed by atoms with Gasteiger partial charge in [-0.3, -0.25) is 0 Å². The van der Waals surface area contributed by atoms with Crippen LogP contribution < -0.4 is 5.32 Å². The van der Waals surface area contributed by atoms with E-state index in [4.69, 9.17) is 16.0 Å². The summed E-state index contributed by atoms with van der Waals surface area (Å²) in [6, 6.07) is 8.15. The van der Waals surface area contributed by atoms with E-state index in [1.54, 1.807) is 6.07 Å². The lowest BCUT2D eigenvalue weighted by Crippen LogP contribution is -2.23. The van der Waals surface area contributed by atoms with Crippen LogP contribution in [-0.2, 0) is 6.42 Å². The van der Waals surface area contributed by atoms with E-state index in [1.807, 2.05) is 12.1 Å². The zero-order valence-corrected chi connectivity index (χ0v) is 13.5. The second-order valence-electron chi connectivity index (χ2n) is 4.59. The van der Waals surface area contributed by atoms with E-state index in [1.165, 1.54) is 12.1 Å². The number of rotatable bonds is 6. The highest BCUT2D eigenvalue weighted by atomic mass is 79.9. The summed E-state index contributed by atoms with van der Waals surface area (Å²) in [5.74, 6) is 0.532. The van der Waals surface area contributed by atoms with Gasteiger partial charge in [-0.05, 0) is 71.2 Å². The first kappa shape index (κ1) is 15.5. The van der Waals surface area contributed by atoms with Crippen LogP contribution >= 0.6 is 27.5 Å². The average Bonchev–Trinajstić information content (AvgIpc) is 2.85. The van der Waals surface area contributed by atoms with Crippen molar-refractivity contribution in [2.24, 2.45) is 0 Å². The number of benzene rings is 1. The molecule has 0 bridgehead atoms. The summed E-state index contributed by atoms with van der Waals surface area (Å²) in [5.41, 5.74) is 0.771. The van der Waals surface area contributed by atoms with E-state index in [-0.39, 0.29) is 11.9 Å². The third kappa shape index (κ3) is 4.08. The van der Waals surface area contributed by atoms with Crippen LogP contribution in [-0.4, -0.2) is 6.54 Å². The zero-order chi connectivity index (χ0) is 14.5. The van der Waals surface area contributed by atoms with E-state index in [0.29, 0.717) is 16.1 Å². The van der Waals surface area contributed by atoms with Crippen LogP contribution in [0, 0.1) is 5.82 Å². The minimum Gasteiger partial charge on any atom is -0.453 e. The van der Waals surface area contributed by atoms with Crippen molar-refractivity contribution in [1.82, 2.24) is 5.32 Å². The van der Waals surface area contributed by atoms with Gasteiger partial charge in [-0.1, -0.05) is 18.5 Å². The third-order valence-electron chi connectivity index (χ3n) is 3.01. The van der Waals surface area contributed by atoms with E-state index >= 15 is 0 Å². The first-order chi connectivity index (χ1) is 9.60. The van der Waals surface area contributed by atoms with Crippen LogP contribution in [0.1, 0.15) is 30.7 Å². The van der Waals surface area contributed by atoms with Gasteiger partial charge < -0.3 is 9.73 Å². The second kappa shape index (κ2) is 7.25. The predicted octanol–water partition coefficient (Wildman–Crippen LogP) is 5.12. The van der Waals surface area contributed by atoms with Gasteiger partial charge in [-0.2, -0.15) is 0 Å². The van der Waals surface area contributed by atoms with Crippen molar-refractivity contribution in [1.29, 1.82) is 0 Å². The van der Waals surface area contributed by atoms with Crippen molar-refractivity contribution < 1.29 is 8.81 Å². The molecule has 0 aliphatic rings. The topological polar surface area (TPSA) is 25.2 Å². The Labute approximate surface area is 131 Å². The van der Waals surface area contributed by atoms with Crippen LogP contribution in [0.4, 0.5) is 4.39 Å². The number of hydrogen-bond donors (Lipinski definition) is 1. The van der Waals surface area contributed by atoms with Gasteiger partial charge in [0.05, 0.1) is 6.04 Å². The molecule has 0 saturated heterocycles. The highest BCUT2D eigenvalue weighted by molar-refractivity contribution is 9.10. The lowest BCUT2D eigenvalue weighted by Gasteiger charge is -2.17. The first-order valence-corrected chi connectivity index (χ1v) is 7.69. The molecular weight excluding hydrogens is 345 g/mol. The SMILES string of the molecule is CCCNC(Cc1cc(F)ccc1Cl)c1ccc(Br)o1. The zero-order valence-electron chi connectivity index (χ0n) is 11.1. The summed E-state index contributed by atoms with van der Waals surface area (Å²) in [6.45, 7) is 2.95. The fraction of sp³-hybridized carbons (Fsp3) is 0.333. The Morgan fingerprint density at radius 2 is 2.15 bits per heavy atom. The monoisotopic (exact) mass is 359 g/mol. The number of halogens is 3. The van der Waals surface area contributed by atoms with Crippen molar-refractivity contribution in [2.45, 2.75) is 25.8 Å². The van der Waals surface area contributed by atoms with Crippen molar-refractivity contribution in [3.05, 3.63) is 57.2 Å². The molecule has 0 saturated carbocycles. The Balaban J connectivity index is 2.21. The second-order valence-corrected chi connectivity index (χ2v) is 5.78. The van der Waals surface area contributed by atoms with Gasteiger partial charge in [0.1, 0.15) is 11.6 Å². The molecule has 5 heteroatoms. The molecule has 1 unspecified atom stereocenters. The molecule has 2 nitrogen and oxygen atoms in total. The molecule has 2 aromatic rings. The summed E-state index contributed by atoms with van der Waals surface area (Å²) < 4.78 is 19.6. The third-order valence-corrected chi connectivity index (χ3v) is 3.80. The molecule has 1 aromatic heterocycles. The molecule has 1 atom stereocenters. The first-order valence-electron chi connectivity index (χ1n) is 6.52. The summed E-state index contributed by atoms with van der Waals surface area (Å²) in [6.07, 6.45) is 1.59. The largest absolute Gasteiger partial charge is 0.453 e. The summed E-state index contributed by atoms with van der Waals surface area (Å²) >= 11 is 9.43. The molecule has 0 aliphatic carbocycles. The van der Waals surface area contributed by atoms with Gasteiger partial charge >= 0.3 is 0 Å². The van der Waals surface area contributed by atoms with Gasteiger partial charge in [0.15, 0.2) is 4.67 Å². The number of nitrogens with one attached hydrogen (secondary N) is 1. The maximum atomic E-state index is 13.3. The lowest BCUT2D eigenvalue weighted by molar-refractivity contribution is 0.399.